The second-order valence-electron chi connectivity index (χ2n) is 15.6. The van der Waals surface area contributed by atoms with E-state index < -0.39 is 79.7 Å². The van der Waals surface area contributed by atoms with E-state index in [1.807, 2.05) is 20.8 Å². The van der Waals surface area contributed by atoms with Gasteiger partial charge in [0.25, 0.3) is 5.91 Å². The Morgan fingerprint density at radius 2 is 1.89 bits per heavy atom. The number of sulfonamides is 1. The van der Waals surface area contributed by atoms with Gasteiger partial charge in [-0.2, -0.15) is 0 Å². The summed E-state index contributed by atoms with van der Waals surface area (Å²) >= 11 is 7.47. The molecule has 2 aliphatic carbocycles. The quantitative estimate of drug-likeness (QED) is 0.139. The van der Waals surface area contributed by atoms with Crippen LogP contribution in [0.2, 0.25) is 5.02 Å². The summed E-state index contributed by atoms with van der Waals surface area (Å²) in [6, 6.07) is 6.12. The molecule has 2 aromatic carbocycles. The normalized spacial score (nSPS) is 22.4. The van der Waals surface area contributed by atoms with Gasteiger partial charge in [-0.15, -0.1) is 17.9 Å². The van der Waals surface area contributed by atoms with Gasteiger partial charge in [0.05, 0.1) is 30.8 Å². The molecule has 3 aliphatic rings. The van der Waals surface area contributed by atoms with Crippen molar-refractivity contribution < 1.29 is 41.1 Å². The summed E-state index contributed by atoms with van der Waals surface area (Å²) in [4.78, 5) is 53.1. The minimum Gasteiger partial charge on any atom is -0.494 e. The molecule has 2 saturated carbocycles. The fraction of sp³-hybridized carbons (Fsp3) is 0.410. The molecule has 3 N–H and O–H groups in total. The summed E-state index contributed by atoms with van der Waals surface area (Å²) in [5.41, 5.74) is -2.05. The van der Waals surface area contributed by atoms with Crippen LogP contribution in [0.1, 0.15) is 46.5 Å². The molecule has 0 radical (unpaired) electrons. The second kappa shape index (κ2) is 15.1. The number of ether oxygens (including phenoxy) is 2. The Morgan fingerprint density at radius 1 is 1.14 bits per heavy atom. The Balaban J connectivity index is 1.19. The maximum absolute atomic E-state index is 14.8. The number of hydrogen-bond donors (Lipinski definition) is 3. The van der Waals surface area contributed by atoms with Gasteiger partial charge in [-0.3, -0.25) is 19.1 Å². The summed E-state index contributed by atoms with van der Waals surface area (Å²) in [5, 5.41) is 8.80. The van der Waals surface area contributed by atoms with Gasteiger partial charge in [0.2, 0.25) is 27.7 Å². The third-order valence-corrected chi connectivity index (χ3v) is 13.3. The van der Waals surface area contributed by atoms with Crippen LogP contribution in [0, 0.1) is 23.0 Å². The molecule has 1 saturated heterocycles. The molecule has 1 aliphatic heterocycles. The summed E-state index contributed by atoms with van der Waals surface area (Å²) in [6.07, 6.45) is 3.16. The van der Waals surface area contributed by atoms with E-state index in [1.165, 1.54) is 30.3 Å². The average Bonchev–Trinajstić information content (AvgIpc) is 4.04. The number of methoxy groups -OCH3 is 1. The molecule has 18 heteroatoms. The van der Waals surface area contributed by atoms with E-state index in [-0.39, 0.29) is 41.7 Å². The molecule has 302 valence electrons. The lowest BCUT2D eigenvalue weighted by Gasteiger charge is -2.35. The number of pyridine rings is 1. The fourth-order valence-electron chi connectivity index (χ4n) is 7.07. The average molecular weight is 843 g/mol. The molecule has 57 heavy (non-hydrogen) atoms. The molecular formula is C39H41ClF2N6O7S2. The van der Waals surface area contributed by atoms with Gasteiger partial charge in [-0.25, -0.2) is 27.2 Å². The van der Waals surface area contributed by atoms with Gasteiger partial charge in [0, 0.05) is 45.1 Å². The largest absolute Gasteiger partial charge is 0.494 e. The molecule has 0 bridgehead atoms. The van der Waals surface area contributed by atoms with Crippen molar-refractivity contribution in [3.63, 3.8) is 0 Å². The first kappa shape index (κ1) is 40.3. The van der Waals surface area contributed by atoms with Crippen molar-refractivity contribution >= 4 is 66.6 Å². The molecule has 3 amide bonds. The SMILES string of the molecule is C=C[C@@H]1C[C@]1(NC(=O)[C@@H]1CC(Oc2ncc(OC)c3ccc(Cl)cc23)CN1C(=O)[C@@H](Nc1nc(-c2ccc(F)cc2F)cs1)C(C)(C)C)C(=O)NS(=O)(=O)C1CC1. The molecule has 3 heterocycles. The van der Waals surface area contributed by atoms with Gasteiger partial charge in [-0.1, -0.05) is 38.4 Å². The van der Waals surface area contributed by atoms with Crippen LogP contribution in [0.3, 0.4) is 0 Å². The predicted octanol–water partition coefficient (Wildman–Crippen LogP) is 5.84. The van der Waals surface area contributed by atoms with Gasteiger partial charge in [0.1, 0.15) is 41.1 Å². The summed E-state index contributed by atoms with van der Waals surface area (Å²) in [6.45, 7) is 9.17. The van der Waals surface area contributed by atoms with Gasteiger partial charge in [0.15, 0.2) is 5.13 Å². The summed E-state index contributed by atoms with van der Waals surface area (Å²) < 4.78 is 67.8. The molecule has 4 aromatic rings. The number of rotatable bonds is 13. The Labute approximate surface area is 337 Å². The lowest BCUT2D eigenvalue weighted by atomic mass is 9.85. The highest BCUT2D eigenvalue weighted by Gasteiger charge is 2.62. The van der Waals surface area contributed by atoms with Crippen LogP contribution in [0.25, 0.3) is 22.0 Å². The number of aromatic nitrogens is 2. The zero-order chi connectivity index (χ0) is 41.0. The molecule has 13 nitrogen and oxygen atoms in total. The van der Waals surface area contributed by atoms with Crippen LogP contribution in [0.15, 0.2) is 60.6 Å². The highest BCUT2D eigenvalue weighted by Crippen LogP contribution is 2.46. The molecule has 5 atom stereocenters. The monoisotopic (exact) mass is 842 g/mol. The number of carbonyl (C=O) groups is 3. The third-order valence-electron chi connectivity index (χ3n) is 10.5. The highest BCUT2D eigenvalue weighted by molar-refractivity contribution is 7.91. The Hall–Kier alpha value is -4.87. The third kappa shape index (κ3) is 8.14. The molecule has 7 rings (SSSR count). The number of halogens is 3. The van der Waals surface area contributed by atoms with Crippen molar-refractivity contribution in [3.8, 4) is 22.9 Å². The number of hydrogen-bond acceptors (Lipinski definition) is 11. The van der Waals surface area contributed by atoms with Gasteiger partial charge >= 0.3 is 0 Å². The smallest absolute Gasteiger partial charge is 0.259 e. The number of thiazole rings is 1. The Morgan fingerprint density at radius 3 is 2.54 bits per heavy atom. The Bertz CT molecular complexity index is 2390. The summed E-state index contributed by atoms with van der Waals surface area (Å²) in [5.74, 6) is -3.46. The molecule has 3 fully saturated rings. The number of benzene rings is 2. The zero-order valence-electron chi connectivity index (χ0n) is 31.5. The van der Waals surface area contributed by atoms with E-state index in [0.717, 1.165) is 23.5 Å². The number of carbonyl (C=O) groups excluding carboxylic acids is 3. The highest BCUT2D eigenvalue weighted by atomic mass is 35.5. The maximum atomic E-state index is 14.8. The topological polar surface area (TPSA) is 169 Å². The standard InChI is InChI=1S/C39H41ClF2N6O7S2/c1-6-20-16-39(20,36(51)47-57(52,53)24-9-10-24)46-33(49)30-15-23(55-34-27-13-21(40)7-11-25(27)31(54-5)17-43-34)18-48(30)35(50)32(38(2,3)4)45-37-44-29(19-56-37)26-12-8-22(41)14-28(26)42/h6-8,11-14,17,19-20,23-24,30,32H,1,9-10,15-16,18H2,2-5H3,(H,44,45)(H,46,49)(H,47,51)/t20-,23?,30+,32-,39-/m1/s1. The van der Waals surface area contributed by atoms with Crippen molar-refractivity contribution in [2.24, 2.45) is 11.3 Å². The minimum absolute atomic E-state index is 0.0216. The van der Waals surface area contributed by atoms with Gasteiger partial charge in [-0.05, 0) is 55.0 Å². The van der Waals surface area contributed by atoms with Crippen molar-refractivity contribution in [1.29, 1.82) is 0 Å². The van der Waals surface area contributed by atoms with E-state index in [1.54, 1.807) is 23.6 Å². The number of likely N-dealkylation sites (tertiary alicyclic amines) is 1. The number of anilines is 1. The van der Waals surface area contributed by atoms with Crippen molar-refractivity contribution in [1.82, 2.24) is 24.9 Å². The van der Waals surface area contributed by atoms with Crippen LogP contribution < -0.4 is 24.8 Å². The van der Waals surface area contributed by atoms with Crippen LogP contribution in [0.5, 0.6) is 11.6 Å². The van der Waals surface area contributed by atoms with E-state index >= 15 is 0 Å². The molecule has 2 aromatic heterocycles. The Kier molecular flexibility index (Phi) is 10.7. The first-order valence-electron chi connectivity index (χ1n) is 18.2. The summed E-state index contributed by atoms with van der Waals surface area (Å²) in [7, 11) is -2.43. The van der Waals surface area contributed by atoms with E-state index in [4.69, 9.17) is 21.1 Å². The second-order valence-corrected chi connectivity index (χ2v) is 18.8. The molecular weight excluding hydrogens is 802 g/mol. The van der Waals surface area contributed by atoms with Crippen molar-refractivity contribution in [2.75, 3.05) is 19.0 Å². The lowest BCUT2D eigenvalue weighted by Crippen LogP contribution is -2.58. The zero-order valence-corrected chi connectivity index (χ0v) is 33.9. The van der Waals surface area contributed by atoms with Crippen LogP contribution in [0.4, 0.5) is 13.9 Å². The number of amides is 3. The fourth-order valence-corrected chi connectivity index (χ4v) is 9.35. The lowest BCUT2D eigenvalue weighted by molar-refractivity contribution is -0.141. The first-order chi connectivity index (χ1) is 26.9. The van der Waals surface area contributed by atoms with Crippen LogP contribution in [-0.2, 0) is 24.4 Å². The van der Waals surface area contributed by atoms with Crippen LogP contribution >= 0.6 is 22.9 Å². The number of nitrogens with zero attached hydrogens (tertiary/aromatic N) is 3. The van der Waals surface area contributed by atoms with E-state index in [2.05, 4.69) is 31.9 Å². The number of nitrogens with one attached hydrogen (secondary N) is 3. The van der Waals surface area contributed by atoms with E-state index in [0.29, 0.717) is 34.4 Å². The van der Waals surface area contributed by atoms with Crippen molar-refractivity contribution in [2.45, 2.75) is 75.4 Å². The van der Waals surface area contributed by atoms with Crippen molar-refractivity contribution in [3.05, 3.63) is 77.3 Å². The predicted molar refractivity (Wildman–Crippen MR) is 211 cm³/mol. The first-order valence-corrected chi connectivity index (χ1v) is 21.0. The minimum atomic E-state index is -3.93. The maximum Gasteiger partial charge on any atom is 0.259 e. The molecule has 1 unspecified atom stereocenters. The van der Waals surface area contributed by atoms with Gasteiger partial charge < -0.3 is 25.0 Å². The molecule has 0 spiro atoms. The van der Waals surface area contributed by atoms with E-state index in [9.17, 15) is 31.6 Å². The number of fused-ring (bicyclic) bond motifs is 1. The van der Waals surface area contributed by atoms with Crippen LogP contribution in [-0.4, -0.2) is 83.6 Å².